The molecule has 0 aliphatic carbocycles. The van der Waals surface area contributed by atoms with Crippen LogP contribution in [0.3, 0.4) is 0 Å². The van der Waals surface area contributed by atoms with E-state index in [1.807, 2.05) is 0 Å². The van der Waals surface area contributed by atoms with E-state index >= 15 is 0 Å². The number of aliphatic hydroxyl groups is 1. The number of ether oxygens (including phenoxy) is 1. The fourth-order valence-electron chi connectivity index (χ4n) is 4.79. The zero-order valence-electron chi connectivity index (χ0n) is 35.0. The predicted octanol–water partition coefficient (Wildman–Crippen LogP) is -9.68. The lowest BCUT2D eigenvalue weighted by Gasteiger charge is -2.22. The first-order chi connectivity index (χ1) is 29.0. The van der Waals surface area contributed by atoms with Crippen molar-refractivity contribution in [3.8, 4) is 0 Å². The molecule has 6 unspecified atom stereocenters. The second kappa shape index (κ2) is 29.5. The van der Waals surface area contributed by atoms with Crippen LogP contribution in [0.25, 0.3) is 0 Å². The number of hydrogen-bond acceptors (Lipinski definition) is 15. The van der Waals surface area contributed by atoms with Crippen molar-refractivity contribution in [2.24, 2.45) is 39.6 Å². The minimum atomic E-state index is -1.67. The molecule has 0 spiro atoms. The van der Waals surface area contributed by atoms with Gasteiger partial charge >= 0.3 is 0 Å². The highest BCUT2D eigenvalue weighted by Crippen LogP contribution is 2.02. The van der Waals surface area contributed by atoms with Gasteiger partial charge in [-0.2, -0.15) is 0 Å². The van der Waals surface area contributed by atoms with Gasteiger partial charge in [0, 0.05) is 20.1 Å². The van der Waals surface area contributed by atoms with E-state index in [1.165, 1.54) is 7.11 Å². The number of aliphatic hydroxyl groups excluding tert-OH is 1. The van der Waals surface area contributed by atoms with Crippen LogP contribution in [0, 0.1) is 5.92 Å². The summed E-state index contributed by atoms with van der Waals surface area (Å²) in [6.45, 7) is 0.977. The van der Waals surface area contributed by atoms with Gasteiger partial charge in [-0.15, -0.1) is 0 Å². The Labute approximate surface area is 356 Å². The second-order valence-corrected chi connectivity index (χ2v) is 13.9. The molecule has 0 saturated carbocycles. The zero-order chi connectivity index (χ0) is 47.5. The molecule has 0 radical (unpaired) electrons. The Morgan fingerprint density at radius 2 is 0.984 bits per heavy atom. The molecule has 0 aliphatic rings. The monoisotopic (exact) mass is 887 g/mol. The van der Waals surface area contributed by atoms with Crippen LogP contribution in [-0.4, -0.2) is 165 Å². The molecule has 0 aromatic carbocycles. The maximum Gasteiger partial charge on any atom is 0.245 e. The molecule has 62 heavy (non-hydrogen) atoms. The number of nitrogens with zero attached hydrogens (tertiary/aromatic N) is 1. The third-order valence-electron chi connectivity index (χ3n) is 8.15. The van der Waals surface area contributed by atoms with Crippen molar-refractivity contribution in [2.75, 3.05) is 53.0 Å². The minimum Gasteiger partial charge on any atom is -0.391 e. The molecule has 0 aromatic rings. The summed E-state index contributed by atoms with van der Waals surface area (Å²) in [5.74, 6) is -9.96. The molecule has 20 N–H and O–H groups in total. The molecule has 350 valence electrons. The normalized spacial score (nSPS) is 13.5. The molecule has 0 aromatic heterocycles. The second-order valence-electron chi connectivity index (χ2n) is 13.9. The van der Waals surface area contributed by atoms with Crippen LogP contribution in [0.15, 0.2) is 4.99 Å². The smallest absolute Gasteiger partial charge is 0.245 e. The van der Waals surface area contributed by atoms with Crippen LogP contribution < -0.4 is 76.5 Å². The largest absolute Gasteiger partial charge is 0.391 e. The van der Waals surface area contributed by atoms with Crippen LogP contribution in [0.2, 0.25) is 0 Å². The molecule has 28 nitrogen and oxygen atoms in total. The SMILES string of the molecule is COCC(NC(=O)CNC(=O)C(CCCN=C(N)N)NC(=O)CNC(=O)C(NC(=O)CNC(=O)C(CCC(N)=O)NC(=O)CNC(=O)C(N)C(C)C)C(C)O)C(=O)NCC(N)=O. The summed E-state index contributed by atoms with van der Waals surface area (Å²) in [4.78, 5) is 140. The van der Waals surface area contributed by atoms with Gasteiger partial charge in [0.05, 0.1) is 51.5 Å². The first-order valence-electron chi connectivity index (χ1n) is 19.1. The van der Waals surface area contributed by atoms with Crippen molar-refractivity contribution in [3.05, 3.63) is 0 Å². The highest BCUT2D eigenvalue weighted by molar-refractivity contribution is 5.96. The molecular formula is C34H61N15O13. The highest BCUT2D eigenvalue weighted by atomic mass is 16.5. The van der Waals surface area contributed by atoms with Gasteiger partial charge in [0.15, 0.2) is 5.96 Å². The number of nitrogens with two attached hydrogens (primary N) is 5. The Morgan fingerprint density at radius 3 is 1.42 bits per heavy atom. The number of carbonyl (C=O) groups excluding carboxylic acids is 11. The van der Waals surface area contributed by atoms with E-state index in [4.69, 9.17) is 33.4 Å². The topological polar surface area (TPSA) is 468 Å². The van der Waals surface area contributed by atoms with Gasteiger partial charge in [-0.3, -0.25) is 57.7 Å². The van der Waals surface area contributed by atoms with Crippen molar-refractivity contribution in [1.29, 1.82) is 0 Å². The van der Waals surface area contributed by atoms with Gasteiger partial charge in [0.1, 0.15) is 24.2 Å². The number of aliphatic imine (C=N–C) groups is 1. The summed E-state index contributed by atoms with van der Waals surface area (Å²) in [5.41, 5.74) is 26.6. The number of guanidine groups is 1. The van der Waals surface area contributed by atoms with E-state index in [1.54, 1.807) is 13.8 Å². The molecule has 0 aliphatic heterocycles. The average molecular weight is 888 g/mol. The minimum absolute atomic E-state index is 0.0466. The Hall–Kier alpha value is -6.68. The predicted molar refractivity (Wildman–Crippen MR) is 217 cm³/mol. The van der Waals surface area contributed by atoms with Gasteiger partial charge in [0.2, 0.25) is 65.0 Å². The van der Waals surface area contributed by atoms with Crippen molar-refractivity contribution < 1.29 is 62.6 Å². The van der Waals surface area contributed by atoms with E-state index < -0.39 is 134 Å². The summed E-state index contributed by atoms with van der Waals surface area (Å²) in [7, 11) is 1.25. The molecule has 0 bridgehead atoms. The fraction of sp³-hybridized carbons (Fsp3) is 0.647. The van der Waals surface area contributed by atoms with Crippen molar-refractivity contribution >= 4 is 70.9 Å². The number of carbonyl (C=O) groups is 11. The van der Waals surface area contributed by atoms with Gasteiger partial charge in [-0.1, -0.05) is 13.8 Å². The number of primary amides is 2. The number of methoxy groups -OCH3 is 1. The standard InChI is InChI=1S/C34H61N15O13/c1-16(2)27(37)32(60)44-12-23(53)47-19(7-8-21(35)51)30(58)43-14-26(56)49-28(17(3)50)33(61)45-13-24(54)46-18(6-5-9-40-34(38)39)29(57)42-11-25(55)48-20(15-62-4)31(59)41-10-22(36)52/h16-20,27-28,50H,5-15,37H2,1-4H3,(H2,35,51)(H2,36,52)(H,41,59)(H,42,57)(H,43,58)(H,44,60)(H,45,61)(H,46,54)(H,47,53)(H,48,55)(H,49,56)(H4,38,39,40). The maximum atomic E-state index is 13.1. The van der Waals surface area contributed by atoms with Gasteiger partial charge in [-0.05, 0) is 32.1 Å². The quantitative estimate of drug-likeness (QED) is 0.0181. The number of amides is 11. The fourth-order valence-corrected chi connectivity index (χ4v) is 4.79. The van der Waals surface area contributed by atoms with E-state index in [0.29, 0.717) is 0 Å². The van der Waals surface area contributed by atoms with Crippen molar-refractivity contribution in [3.63, 3.8) is 0 Å². The van der Waals surface area contributed by atoms with Gasteiger partial charge < -0.3 is 86.4 Å². The van der Waals surface area contributed by atoms with Crippen LogP contribution in [0.5, 0.6) is 0 Å². The molecule has 28 heteroatoms. The van der Waals surface area contributed by atoms with Crippen LogP contribution in [0.4, 0.5) is 0 Å². The lowest BCUT2D eigenvalue weighted by Crippen LogP contribution is -2.57. The Morgan fingerprint density at radius 1 is 0.565 bits per heavy atom. The van der Waals surface area contributed by atoms with Gasteiger partial charge in [0.25, 0.3) is 0 Å². The zero-order valence-corrected chi connectivity index (χ0v) is 35.0. The summed E-state index contributed by atoms with van der Waals surface area (Å²) in [5, 5.41) is 30.7. The van der Waals surface area contributed by atoms with E-state index in [2.05, 4.69) is 52.8 Å². The van der Waals surface area contributed by atoms with Gasteiger partial charge in [-0.25, -0.2) is 0 Å². The number of nitrogens with one attached hydrogen (secondary N) is 9. The van der Waals surface area contributed by atoms with Crippen molar-refractivity contribution in [1.82, 2.24) is 47.9 Å². The van der Waals surface area contributed by atoms with Crippen LogP contribution in [0.1, 0.15) is 46.5 Å². The summed E-state index contributed by atoms with van der Waals surface area (Å²) < 4.78 is 4.90. The molecule has 0 rings (SSSR count). The average Bonchev–Trinajstić information content (AvgIpc) is 3.19. The molecule has 0 fully saturated rings. The highest BCUT2D eigenvalue weighted by Gasteiger charge is 2.29. The first kappa shape index (κ1) is 55.3. The summed E-state index contributed by atoms with van der Waals surface area (Å²) in [6.07, 6.45) is -2.08. The number of hydrogen-bond donors (Lipinski definition) is 15. The molecule has 0 heterocycles. The summed E-state index contributed by atoms with van der Waals surface area (Å²) >= 11 is 0. The van der Waals surface area contributed by atoms with E-state index in [0.717, 1.165) is 6.92 Å². The first-order valence-corrected chi connectivity index (χ1v) is 19.1. The Kier molecular flexibility index (Phi) is 26.3. The van der Waals surface area contributed by atoms with Crippen LogP contribution >= 0.6 is 0 Å². The van der Waals surface area contributed by atoms with E-state index in [-0.39, 0.29) is 50.7 Å². The lowest BCUT2D eigenvalue weighted by molar-refractivity contribution is -0.134. The molecule has 11 amide bonds. The summed E-state index contributed by atoms with van der Waals surface area (Å²) in [6, 6.07) is -6.53. The third-order valence-corrected chi connectivity index (χ3v) is 8.15. The molecule has 6 atom stereocenters. The third kappa shape index (κ3) is 24.4. The van der Waals surface area contributed by atoms with E-state index in [9.17, 15) is 57.8 Å². The molecular weight excluding hydrogens is 826 g/mol. The Bertz CT molecular complexity index is 1620. The number of rotatable bonds is 30. The van der Waals surface area contributed by atoms with Crippen molar-refractivity contribution in [2.45, 2.75) is 82.8 Å². The Balaban J connectivity index is 5.47. The lowest BCUT2D eigenvalue weighted by atomic mass is 10.1. The maximum absolute atomic E-state index is 13.1. The molecule has 0 saturated heterocycles. The van der Waals surface area contributed by atoms with Crippen LogP contribution in [-0.2, 0) is 57.5 Å².